The van der Waals surface area contributed by atoms with E-state index >= 15 is 0 Å². The third kappa shape index (κ3) is 8.83. The molecular formula is C33H43FN4O5. The summed E-state index contributed by atoms with van der Waals surface area (Å²) in [7, 11) is 5.24. The average molecular weight is 595 g/mol. The van der Waals surface area contributed by atoms with E-state index in [1.54, 1.807) is 62.7 Å². The van der Waals surface area contributed by atoms with Gasteiger partial charge in [0.15, 0.2) is 0 Å². The number of carbonyl (C=O) groups excluding carboxylic acids is 2. The highest BCUT2D eigenvalue weighted by atomic mass is 19.1. The van der Waals surface area contributed by atoms with Gasteiger partial charge in [0, 0.05) is 43.4 Å². The van der Waals surface area contributed by atoms with Crippen molar-refractivity contribution in [2.24, 2.45) is 0 Å². The van der Waals surface area contributed by atoms with Crippen molar-refractivity contribution >= 4 is 17.6 Å². The highest BCUT2D eigenvalue weighted by molar-refractivity contribution is 6.16. The van der Waals surface area contributed by atoms with E-state index < -0.39 is 23.1 Å². The molecule has 0 atom stereocenters. The van der Waals surface area contributed by atoms with Gasteiger partial charge in [-0.3, -0.25) is 4.68 Å². The molecule has 1 aromatic heterocycles. The molecule has 1 N–H and O–H groups in total. The number of esters is 1. The minimum Gasteiger partial charge on any atom is -0.497 e. The highest BCUT2D eigenvalue weighted by Gasteiger charge is 2.36. The van der Waals surface area contributed by atoms with Crippen LogP contribution in [0, 0.1) is 5.82 Å². The lowest BCUT2D eigenvalue weighted by molar-refractivity contribution is -0.136. The Balaban J connectivity index is 2.31. The van der Waals surface area contributed by atoms with Gasteiger partial charge in [0.2, 0.25) is 0 Å². The summed E-state index contributed by atoms with van der Waals surface area (Å²) in [6, 6.07) is 13.6. The molecule has 2 aromatic carbocycles. The van der Waals surface area contributed by atoms with Crippen LogP contribution >= 0.6 is 0 Å². The summed E-state index contributed by atoms with van der Waals surface area (Å²) in [5.41, 5.74) is 2.17. The van der Waals surface area contributed by atoms with Crippen molar-refractivity contribution in [3.63, 3.8) is 0 Å². The number of amides is 1. The van der Waals surface area contributed by atoms with E-state index in [0.29, 0.717) is 40.4 Å². The number of nitrogens with one attached hydrogen (secondary N) is 1. The van der Waals surface area contributed by atoms with Crippen molar-refractivity contribution in [3.05, 3.63) is 77.4 Å². The molecule has 43 heavy (non-hydrogen) atoms. The van der Waals surface area contributed by atoms with E-state index in [1.807, 2.05) is 52.2 Å². The molecule has 0 unspecified atom stereocenters. The Labute approximate surface area is 253 Å². The lowest BCUT2D eigenvalue weighted by Gasteiger charge is -2.29. The van der Waals surface area contributed by atoms with Crippen molar-refractivity contribution in [2.75, 3.05) is 34.4 Å². The minimum atomic E-state index is -0.786. The first-order chi connectivity index (χ1) is 20.1. The van der Waals surface area contributed by atoms with Crippen LogP contribution in [0.25, 0.3) is 16.8 Å². The molecule has 232 valence electrons. The number of benzene rings is 2. The molecule has 0 saturated heterocycles. The molecule has 0 aliphatic heterocycles. The molecule has 3 aromatic rings. The van der Waals surface area contributed by atoms with Gasteiger partial charge in [-0.15, -0.1) is 0 Å². The van der Waals surface area contributed by atoms with Gasteiger partial charge in [-0.2, -0.15) is 5.10 Å². The van der Waals surface area contributed by atoms with E-state index in [9.17, 15) is 14.0 Å². The number of hydrogen-bond donors (Lipinski definition) is 1. The Kier molecular flexibility index (Phi) is 10.6. The molecule has 0 bridgehead atoms. The fraction of sp³-hybridized carbons (Fsp3) is 0.424. The number of ether oxygens (including phenoxy) is 3. The number of alkyl carbamates (subject to hydrolysis) is 1. The van der Waals surface area contributed by atoms with E-state index in [-0.39, 0.29) is 19.0 Å². The molecule has 9 nitrogen and oxygen atoms in total. The van der Waals surface area contributed by atoms with Gasteiger partial charge in [0.05, 0.1) is 31.6 Å². The van der Waals surface area contributed by atoms with Gasteiger partial charge in [0.1, 0.15) is 22.7 Å². The van der Waals surface area contributed by atoms with Crippen molar-refractivity contribution < 1.29 is 28.2 Å². The second-order valence-electron chi connectivity index (χ2n) is 12.1. The molecule has 0 fully saturated rings. The fourth-order valence-electron chi connectivity index (χ4n) is 4.58. The first-order valence-corrected chi connectivity index (χ1v) is 14.2. The maximum atomic E-state index is 14.0. The van der Waals surface area contributed by atoms with Crippen molar-refractivity contribution in [3.8, 4) is 17.0 Å². The zero-order chi connectivity index (χ0) is 31.9. The normalized spacial score (nSPS) is 12.1. The molecule has 1 heterocycles. The summed E-state index contributed by atoms with van der Waals surface area (Å²) in [5.74, 6) is -0.185. The van der Waals surface area contributed by atoms with Gasteiger partial charge in [-0.25, -0.2) is 14.0 Å². The molecule has 0 saturated carbocycles. The van der Waals surface area contributed by atoms with Gasteiger partial charge < -0.3 is 24.4 Å². The highest BCUT2D eigenvalue weighted by Crippen LogP contribution is 2.39. The number of carbonyl (C=O) groups is 2. The minimum absolute atomic E-state index is 0.162. The number of hydrogen-bond acceptors (Lipinski definition) is 7. The summed E-state index contributed by atoms with van der Waals surface area (Å²) >= 11 is 0. The van der Waals surface area contributed by atoms with Crippen LogP contribution in [0.4, 0.5) is 9.18 Å². The Morgan fingerprint density at radius 2 is 1.65 bits per heavy atom. The lowest BCUT2D eigenvalue weighted by atomic mass is 9.80. The third-order valence-electron chi connectivity index (χ3n) is 6.45. The number of aromatic nitrogens is 2. The number of methoxy groups -OCH3 is 1. The third-order valence-corrected chi connectivity index (χ3v) is 6.45. The van der Waals surface area contributed by atoms with Crippen LogP contribution in [0.2, 0.25) is 0 Å². The molecule has 0 aliphatic rings. The van der Waals surface area contributed by atoms with E-state index in [1.165, 1.54) is 12.1 Å². The van der Waals surface area contributed by atoms with Gasteiger partial charge >= 0.3 is 12.1 Å². The number of nitrogens with zero attached hydrogens (tertiary/aromatic N) is 3. The Bertz CT molecular complexity index is 1440. The zero-order valence-electron chi connectivity index (χ0n) is 26.6. The topological polar surface area (TPSA) is 94.9 Å². The first kappa shape index (κ1) is 33.2. The van der Waals surface area contributed by atoms with Crippen molar-refractivity contribution in [1.29, 1.82) is 0 Å². The predicted molar refractivity (Wildman–Crippen MR) is 165 cm³/mol. The van der Waals surface area contributed by atoms with E-state index in [2.05, 4.69) is 5.32 Å². The summed E-state index contributed by atoms with van der Waals surface area (Å²) < 4.78 is 32.1. The van der Waals surface area contributed by atoms with Gasteiger partial charge in [-0.1, -0.05) is 26.0 Å². The molecule has 0 aliphatic carbocycles. The maximum Gasteiger partial charge on any atom is 0.407 e. The lowest BCUT2D eigenvalue weighted by Crippen LogP contribution is -2.40. The summed E-state index contributed by atoms with van der Waals surface area (Å²) in [4.78, 5) is 28.0. The monoisotopic (exact) mass is 594 g/mol. The first-order valence-electron chi connectivity index (χ1n) is 14.2. The van der Waals surface area contributed by atoms with Crippen molar-refractivity contribution in [2.45, 2.75) is 59.1 Å². The average Bonchev–Trinajstić information content (AvgIpc) is 3.30. The molecular weight excluding hydrogens is 551 g/mol. The zero-order valence-corrected chi connectivity index (χ0v) is 26.6. The molecule has 3 rings (SSSR count). The summed E-state index contributed by atoms with van der Waals surface area (Å²) in [6.45, 7) is 11.7. The largest absolute Gasteiger partial charge is 0.497 e. The van der Waals surface area contributed by atoms with E-state index in [4.69, 9.17) is 19.3 Å². The van der Waals surface area contributed by atoms with E-state index in [0.717, 1.165) is 5.56 Å². The SMILES string of the molecule is CCOC(=O)C(=CN(C)C)c1c(C(C)(C)CNC(=O)OC(C)(C)C)c(-c2ccc(F)cc2)nn1Cc1ccc(OC)cc1. The quantitative estimate of drug-likeness (QED) is 0.215. The van der Waals surface area contributed by atoms with Crippen LogP contribution in [0.1, 0.15) is 58.4 Å². The van der Waals surface area contributed by atoms with Crippen LogP contribution in [-0.2, 0) is 26.2 Å². The van der Waals surface area contributed by atoms with Crippen LogP contribution in [0.5, 0.6) is 5.75 Å². The molecule has 0 spiro atoms. The van der Waals surface area contributed by atoms with Crippen molar-refractivity contribution in [1.82, 2.24) is 20.0 Å². The molecule has 10 heteroatoms. The maximum absolute atomic E-state index is 14.0. The standard InChI is InChI=1S/C33H43FN4O5/c1-10-42-30(39)26(20-37(7)8)29-27(33(5,6)21-35-31(40)43-32(2,3)4)28(23-13-15-24(34)16-14-23)36-38(29)19-22-11-17-25(41-9)18-12-22/h11-18,20H,10,19,21H2,1-9H3,(H,35,40). The van der Waals surface area contributed by atoms with Crippen LogP contribution < -0.4 is 10.1 Å². The summed E-state index contributed by atoms with van der Waals surface area (Å²) in [6.07, 6.45) is 1.14. The number of rotatable bonds is 11. The van der Waals surface area contributed by atoms with Gasteiger partial charge in [0.25, 0.3) is 0 Å². The van der Waals surface area contributed by atoms with Crippen LogP contribution in [0.3, 0.4) is 0 Å². The Morgan fingerprint density at radius 1 is 1.02 bits per heavy atom. The Morgan fingerprint density at radius 3 is 2.19 bits per heavy atom. The summed E-state index contributed by atoms with van der Waals surface area (Å²) in [5, 5.41) is 7.90. The predicted octanol–water partition coefficient (Wildman–Crippen LogP) is 6.01. The fourth-order valence-corrected chi connectivity index (χ4v) is 4.58. The Hall–Kier alpha value is -4.34. The number of halogens is 1. The molecule has 1 amide bonds. The van der Waals surface area contributed by atoms with Crippen LogP contribution in [-0.4, -0.2) is 66.7 Å². The second kappa shape index (κ2) is 13.8. The smallest absolute Gasteiger partial charge is 0.407 e. The molecule has 0 radical (unpaired) electrons. The second-order valence-corrected chi connectivity index (χ2v) is 12.1. The van der Waals surface area contributed by atoms with Crippen LogP contribution in [0.15, 0.2) is 54.7 Å². The van der Waals surface area contributed by atoms with Gasteiger partial charge in [-0.05, 0) is 69.7 Å².